The predicted octanol–water partition coefficient (Wildman–Crippen LogP) is 3.35. The second kappa shape index (κ2) is 9.82. The Balaban J connectivity index is 1.31. The molecule has 1 aromatic heterocycles. The highest BCUT2D eigenvalue weighted by Crippen LogP contribution is 2.24. The Morgan fingerprint density at radius 3 is 2.56 bits per heavy atom. The van der Waals surface area contributed by atoms with E-state index in [1.165, 1.54) is 6.26 Å². The Morgan fingerprint density at radius 1 is 1.03 bits per heavy atom. The summed E-state index contributed by atoms with van der Waals surface area (Å²) < 4.78 is 10.8. The van der Waals surface area contributed by atoms with E-state index in [0.29, 0.717) is 29.2 Å². The molecule has 2 heterocycles. The molecule has 2 aromatic carbocycles. The highest BCUT2D eigenvalue weighted by Gasteiger charge is 2.21. The van der Waals surface area contributed by atoms with Crippen molar-refractivity contribution in [2.45, 2.75) is 19.4 Å². The van der Waals surface area contributed by atoms with E-state index in [4.69, 9.17) is 9.15 Å². The quantitative estimate of drug-likeness (QED) is 0.567. The number of furan rings is 1. The van der Waals surface area contributed by atoms with Gasteiger partial charge in [-0.25, -0.2) is 0 Å². The van der Waals surface area contributed by atoms with Crippen molar-refractivity contribution < 1.29 is 23.5 Å². The van der Waals surface area contributed by atoms with E-state index in [9.17, 15) is 14.4 Å². The molecule has 4 rings (SSSR count). The number of carbonyl (C=O) groups is 3. The minimum Gasteiger partial charge on any atom is -0.484 e. The van der Waals surface area contributed by atoms with Crippen LogP contribution >= 0.6 is 0 Å². The predicted molar refractivity (Wildman–Crippen MR) is 118 cm³/mol. The van der Waals surface area contributed by atoms with Crippen molar-refractivity contribution >= 4 is 29.1 Å². The molecule has 0 atom stereocenters. The first kappa shape index (κ1) is 21.2. The van der Waals surface area contributed by atoms with Gasteiger partial charge in [0.05, 0.1) is 24.1 Å². The first-order valence-electron chi connectivity index (χ1n) is 10.3. The van der Waals surface area contributed by atoms with Crippen LogP contribution in [0.25, 0.3) is 0 Å². The number of hydrogen-bond donors (Lipinski definition) is 2. The smallest absolute Gasteiger partial charge is 0.262 e. The molecule has 32 heavy (non-hydrogen) atoms. The van der Waals surface area contributed by atoms with Crippen molar-refractivity contribution in [3.05, 3.63) is 78.3 Å². The van der Waals surface area contributed by atoms with Gasteiger partial charge in [-0.2, -0.15) is 0 Å². The molecule has 3 amide bonds. The van der Waals surface area contributed by atoms with Crippen molar-refractivity contribution in [1.29, 1.82) is 0 Å². The lowest BCUT2D eigenvalue weighted by Crippen LogP contribution is -2.26. The minimum absolute atomic E-state index is 0.116. The van der Waals surface area contributed by atoms with Crippen LogP contribution in [0.4, 0.5) is 11.4 Å². The van der Waals surface area contributed by atoms with Gasteiger partial charge in [0.15, 0.2) is 6.61 Å². The summed E-state index contributed by atoms with van der Waals surface area (Å²) in [6.07, 6.45) is 2.97. The fourth-order valence-corrected chi connectivity index (χ4v) is 3.44. The largest absolute Gasteiger partial charge is 0.484 e. The van der Waals surface area contributed by atoms with Gasteiger partial charge in [-0.15, -0.1) is 0 Å². The summed E-state index contributed by atoms with van der Waals surface area (Å²) in [4.78, 5) is 38.5. The van der Waals surface area contributed by atoms with E-state index in [1.54, 1.807) is 65.6 Å². The zero-order chi connectivity index (χ0) is 22.3. The van der Waals surface area contributed by atoms with Crippen LogP contribution in [0.1, 0.15) is 29.0 Å². The molecule has 8 nitrogen and oxygen atoms in total. The van der Waals surface area contributed by atoms with Gasteiger partial charge in [0.2, 0.25) is 5.91 Å². The number of nitrogens with one attached hydrogen (secondary N) is 2. The molecule has 8 heteroatoms. The lowest BCUT2D eigenvalue weighted by molar-refractivity contribution is -0.118. The molecule has 0 radical (unpaired) electrons. The van der Waals surface area contributed by atoms with Crippen LogP contribution in [-0.2, 0) is 16.1 Å². The summed E-state index contributed by atoms with van der Waals surface area (Å²) in [5.74, 6) is 0.540. The third kappa shape index (κ3) is 5.15. The molecule has 1 fully saturated rings. The average Bonchev–Trinajstić information content (AvgIpc) is 3.48. The van der Waals surface area contributed by atoms with E-state index >= 15 is 0 Å². The Labute approximate surface area is 185 Å². The van der Waals surface area contributed by atoms with E-state index in [2.05, 4.69) is 10.6 Å². The van der Waals surface area contributed by atoms with Gasteiger partial charge in [0.1, 0.15) is 11.5 Å². The number of para-hydroxylation sites is 1. The maximum Gasteiger partial charge on any atom is 0.262 e. The standard InChI is InChI=1S/C24H23N3O5/c28-22(16-32-18-11-9-17(10-12-18)27-13-3-8-23(27)29)26-21-7-2-1-6-20(21)24(30)25-15-19-5-4-14-31-19/h1-2,4-7,9-12,14H,3,8,13,15-16H2,(H,25,30)(H,26,28). The van der Waals surface area contributed by atoms with Crippen LogP contribution in [0.5, 0.6) is 5.75 Å². The summed E-state index contributed by atoms with van der Waals surface area (Å²) in [6, 6.07) is 17.3. The summed E-state index contributed by atoms with van der Waals surface area (Å²) in [5.41, 5.74) is 1.55. The number of nitrogens with zero attached hydrogens (tertiary/aromatic N) is 1. The molecule has 0 saturated carbocycles. The molecule has 0 spiro atoms. The van der Waals surface area contributed by atoms with Crippen LogP contribution in [-0.4, -0.2) is 30.9 Å². The summed E-state index contributed by atoms with van der Waals surface area (Å²) >= 11 is 0. The molecular formula is C24H23N3O5. The lowest BCUT2D eigenvalue weighted by Gasteiger charge is -2.16. The zero-order valence-electron chi connectivity index (χ0n) is 17.4. The fraction of sp³-hybridized carbons (Fsp3) is 0.208. The zero-order valence-corrected chi connectivity index (χ0v) is 17.4. The monoisotopic (exact) mass is 433 g/mol. The van der Waals surface area contributed by atoms with Crippen molar-refractivity contribution in [2.24, 2.45) is 0 Å². The molecule has 2 N–H and O–H groups in total. The van der Waals surface area contributed by atoms with E-state index in [1.807, 2.05) is 0 Å². The SMILES string of the molecule is O=C(COc1ccc(N2CCCC2=O)cc1)Nc1ccccc1C(=O)NCc1ccco1. The van der Waals surface area contributed by atoms with Crippen LogP contribution in [0.15, 0.2) is 71.3 Å². The van der Waals surface area contributed by atoms with Gasteiger partial charge in [-0.3, -0.25) is 14.4 Å². The van der Waals surface area contributed by atoms with E-state index in [-0.39, 0.29) is 25.0 Å². The Morgan fingerprint density at radius 2 is 1.84 bits per heavy atom. The number of rotatable bonds is 8. The van der Waals surface area contributed by atoms with Crippen molar-refractivity contribution in [3.63, 3.8) is 0 Å². The van der Waals surface area contributed by atoms with Gasteiger partial charge in [-0.05, 0) is 55.0 Å². The average molecular weight is 433 g/mol. The summed E-state index contributed by atoms with van der Waals surface area (Å²) in [6.45, 7) is 0.747. The van der Waals surface area contributed by atoms with Gasteiger partial charge in [0.25, 0.3) is 11.8 Å². The van der Waals surface area contributed by atoms with E-state index < -0.39 is 5.91 Å². The normalized spacial score (nSPS) is 13.1. The highest BCUT2D eigenvalue weighted by atomic mass is 16.5. The Bertz CT molecular complexity index is 1090. The highest BCUT2D eigenvalue weighted by molar-refractivity contribution is 6.04. The number of hydrogen-bond acceptors (Lipinski definition) is 5. The first-order chi connectivity index (χ1) is 15.6. The third-order valence-corrected chi connectivity index (χ3v) is 5.04. The second-order valence-corrected chi connectivity index (χ2v) is 7.29. The molecule has 1 saturated heterocycles. The first-order valence-corrected chi connectivity index (χ1v) is 10.3. The number of benzene rings is 2. The number of amides is 3. The summed E-state index contributed by atoms with van der Waals surface area (Å²) in [5, 5.41) is 5.48. The number of ether oxygens (including phenoxy) is 1. The summed E-state index contributed by atoms with van der Waals surface area (Å²) in [7, 11) is 0. The molecule has 0 aliphatic carbocycles. The topological polar surface area (TPSA) is 101 Å². The minimum atomic E-state index is -0.393. The molecule has 0 bridgehead atoms. The molecule has 164 valence electrons. The molecular weight excluding hydrogens is 410 g/mol. The third-order valence-electron chi connectivity index (χ3n) is 5.04. The molecule has 3 aromatic rings. The molecule has 0 unspecified atom stereocenters. The number of carbonyl (C=O) groups excluding carboxylic acids is 3. The number of anilines is 2. The Hall–Kier alpha value is -4.07. The maximum absolute atomic E-state index is 12.5. The van der Waals surface area contributed by atoms with Crippen molar-refractivity contribution in [3.8, 4) is 5.75 Å². The fourth-order valence-electron chi connectivity index (χ4n) is 3.44. The van der Waals surface area contributed by atoms with E-state index in [0.717, 1.165) is 18.7 Å². The molecule has 1 aliphatic heterocycles. The van der Waals surface area contributed by atoms with Crippen LogP contribution in [0.2, 0.25) is 0 Å². The van der Waals surface area contributed by atoms with Crippen molar-refractivity contribution in [1.82, 2.24) is 5.32 Å². The van der Waals surface area contributed by atoms with Gasteiger partial charge in [-0.1, -0.05) is 12.1 Å². The van der Waals surface area contributed by atoms with Gasteiger partial charge in [0, 0.05) is 18.7 Å². The lowest BCUT2D eigenvalue weighted by atomic mass is 10.1. The van der Waals surface area contributed by atoms with Crippen molar-refractivity contribution in [2.75, 3.05) is 23.4 Å². The van der Waals surface area contributed by atoms with Crippen LogP contribution in [0.3, 0.4) is 0 Å². The van der Waals surface area contributed by atoms with Crippen LogP contribution in [0, 0.1) is 0 Å². The molecule has 1 aliphatic rings. The Kier molecular flexibility index (Phi) is 6.50. The van der Waals surface area contributed by atoms with Gasteiger partial charge < -0.3 is 24.7 Å². The second-order valence-electron chi connectivity index (χ2n) is 7.29. The van der Waals surface area contributed by atoms with Gasteiger partial charge >= 0.3 is 0 Å². The van der Waals surface area contributed by atoms with Crippen LogP contribution < -0.4 is 20.3 Å². The maximum atomic E-state index is 12.5.